The van der Waals surface area contributed by atoms with Gasteiger partial charge in [-0.2, -0.15) is 0 Å². The zero-order valence-corrected chi connectivity index (χ0v) is 13.8. The number of aromatic nitrogens is 3. The van der Waals surface area contributed by atoms with Crippen LogP contribution in [0.25, 0.3) is 0 Å². The molecule has 0 fully saturated rings. The molecule has 0 amide bonds. The van der Waals surface area contributed by atoms with E-state index in [1.807, 2.05) is 0 Å². The fourth-order valence-corrected chi connectivity index (χ4v) is 2.27. The predicted octanol–water partition coefficient (Wildman–Crippen LogP) is 1.06. The van der Waals surface area contributed by atoms with Crippen molar-refractivity contribution < 1.29 is 0 Å². The van der Waals surface area contributed by atoms with Crippen LogP contribution in [0.1, 0.15) is 19.3 Å². The highest BCUT2D eigenvalue weighted by Crippen LogP contribution is 1.91. The minimum atomic E-state index is -0.609. The van der Waals surface area contributed by atoms with Crippen LogP contribution >= 0.6 is 34.8 Å². The van der Waals surface area contributed by atoms with Crippen LogP contribution in [0.3, 0.4) is 0 Å². The zero-order valence-electron chi connectivity index (χ0n) is 11.6. The molecule has 0 radical (unpaired) electrons. The summed E-state index contributed by atoms with van der Waals surface area (Å²) in [5.74, 6) is 0.983. The standard InChI is InChI=1S/C12H18Cl3N3O3/c13-4-1-7-16-10(19)17(8-2-5-14)12(21)18(11(16)20)9-3-6-15/h1-9H2. The average molecular weight is 359 g/mol. The third-order valence-electron chi connectivity index (χ3n) is 2.93. The van der Waals surface area contributed by atoms with Gasteiger partial charge in [-0.25, -0.2) is 28.1 Å². The van der Waals surface area contributed by atoms with Crippen LogP contribution in [0.4, 0.5) is 0 Å². The van der Waals surface area contributed by atoms with E-state index >= 15 is 0 Å². The molecule has 9 heteroatoms. The third kappa shape index (κ3) is 4.63. The molecule has 0 aliphatic rings. The van der Waals surface area contributed by atoms with Gasteiger partial charge in [-0.05, 0) is 19.3 Å². The number of halogens is 3. The van der Waals surface area contributed by atoms with E-state index < -0.39 is 17.1 Å². The lowest BCUT2D eigenvalue weighted by Crippen LogP contribution is -2.54. The first kappa shape index (κ1) is 18.3. The SMILES string of the molecule is O=c1n(CCCCl)c(=O)n(CCCCl)c(=O)n1CCCCl. The Hall–Kier alpha value is -0.720. The summed E-state index contributed by atoms with van der Waals surface area (Å²) in [6.07, 6.45) is 1.42. The van der Waals surface area contributed by atoms with Gasteiger partial charge in [-0.1, -0.05) is 0 Å². The molecular weight excluding hydrogens is 341 g/mol. The molecule has 0 bridgehead atoms. The predicted molar refractivity (Wildman–Crippen MR) is 85.2 cm³/mol. The molecule has 0 atom stereocenters. The Morgan fingerprint density at radius 1 is 0.571 bits per heavy atom. The molecule has 0 aliphatic heterocycles. The van der Waals surface area contributed by atoms with E-state index in [9.17, 15) is 14.4 Å². The first-order chi connectivity index (χ1) is 10.1. The minimum Gasteiger partial charge on any atom is -0.247 e. The summed E-state index contributed by atoms with van der Waals surface area (Å²) in [5.41, 5.74) is -1.83. The number of nitrogens with zero attached hydrogens (tertiary/aromatic N) is 3. The molecule has 0 spiro atoms. The van der Waals surface area contributed by atoms with E-state index in [0.717, 1.165) is 13.7 Å². The lowest BCUT2D eigenvalue weighted by molar-refractivity contribution is 0.439. The van der Waals surface area contributed by atoms with Gasteiger partial charge >= 0.3 is 17.1 Å². The summed E-state index contributed by atoms with van der Waals surface area (Å²) in [4.78, 5) is 36.7. The van der Waals surface area contributed by atoms with Crippen molar-refractivity contribution in [1.82, 2.24) is 13.7 Å². The molecule has 1 aromatic heterocycles. The number of alkyl halides is 3. The Bertz CT molecular complexity index is 505. The summed E-state index contributed by atoms with van der Waals surface area (Å²) in [6.45, 7) is 0.551. The van der Waals surface area contributed by atoms with Gasteiger partial charge < -0.3 is 0 Å². The maximum Gasteiger partial charge on any atom is 0.336 e. The van der Waals surface area contributed by atoms with E-state index in [1.165, 1.54) is 0 Å². The molecule has 21 heavy (non-hydrogen) atoms. The number of rotatable bonds is 9. The van der Waals surface area contributed by atoms with E-state index in [1.54, 1.807) is 0 Å². The van der Waals surface area contributed by atoms with Crippen LogP contribution in [-0.4, -0.2) is 31.3 Å². The maximum absolute atomic E-state index is 12.2. The molecule has 1 heterocycles. The van der Waals surface area contributed by atoms with E-state index in [-0.39, 0.29) is 19.6 Å². The molecule has 6 nitrogen and oxygen atoms in total. The zero-order chi connectivity index (χ0) is 15.8. The fourth-order valence-electron chi connectivity index (χ4n) is 1.91. The van der Waals surface area contributed by atoms with Crippen molar-refractivity contribution in [3.8, 4) is 0 Å². The van der Waals surface area contributed by atoms with Gasteiger partial charge in [0.05, 0.1) is 0 Å². The van der Waals surface area contributed by atoms with Crippen LogP contribution in [0.2, 0.25) is 0 Å². The van der Waals surface area contributed by atoms with Gasteiger partial charge in [0.25, 0.3) is 0 Å². The highest BCUT2D eigenvalue weighted by molar-refractivity contribution is 6.18. The Morgan fingerprint density at radius 3 is 1.00 bits per heavy atom. The van der Waals surface area contributed by atoms with Crippen molar-refractivity contribution >= 4 is 34.8 Å². The summed E-state index contributed by atoms with van der Waals surface area (Å²) in [6, 6.07) is 0. The molecular formula is C12H18Cl3N3O3. The molecule has 0 saturated carbocycles. The molecule has 0 aromatic carbocycles. The highest BCUT2D eigenvalue weighted by Gasteiger charge is 2.14. The van der Waals surface area contributed by atoms with Crippen molar-refractivity contribution in [1.29, 1.82) is 0 Å². The van der Waals surface area contributed by atoms with Crippen LogP contribution in [0.15, 0.2) is 14.4 Å². The summed E-state index contributed by atoms with van der Waals surface area (Å²) < 4.78 is 3.14. The second-order valence-corrected chi connectivity index (χ2v) is 5.56. The quantitative estimate of drug-likeness (QED) is 0.620. The van der Waals surface area contributed by atoms with Crippen molar-refractivity contribution in [3.63, 3.8) is 0 Å². The second kappa shape index (κ2) is 9.33. The maximum atomic E-state index is 12.2. The van der Waals surface area contributed by atoms with Gasteiger partial charge in [0.15, 0.2) is 0 Å². The van der Waals surface area contributed by atoms with Crippen molar-refractivity contribution in [2.45, 2.75) is 38.9 Å². The smallest absolute Gasteiger partial charge is 0.247 e. The minimum absolute atomic E-state index is 0.184. The lowest BCUT2D eigenvalue weighted by Gasteiger charge is -2.13. The Balaban J connectivity index is 3.39. The van der Waals surface area contributed by atoms with Gasteiger partial charge in [0.1, 0.15) is 0 Å². The molecule has 1 rings (SSSR count). The van der Waals surface area contributed by atoms with Gasteiger partial charge in [-0.15, -0.1) is 34.8 Å². The second-order valence-electron chi connectivity index (χ2n) is 4.43. The topological polar surface area (TPSA) is 66.0 Å². The summed E-state index contributed by atoms with van der Waals surface area (Å²) in [5, 5.41) is 0. The van der Waals surface area contributed by atoms with E-state index in [2.05, 4.69) is 0 Å². The third-order valence-corrected chi connectivity index (χ3v) is 3.73. The fraction of sp³-hybridized carbons (Fsp3) is 0.750. The van der Waals surface area contributed by atoms with Crippen LogP contribution in [0, 0.1) is 0 Å². The first-order valence-electron chi connectivity index (χ1n) is 6.70. The first-order valence-corrected chi connectivity index (χ1v) is 8.31. The normalized spacial score (nSPS) is 11.0. The van der Waals surface area contributed by atoms with Crippen molar-refractivity contribution in [2.75, 3.05) is 17.6 Å². The Morgan fingerprint density at radius 2 is 0.810 bits per heavy atom. The van der Waals surface area contributed by atoms with Gasteiger partial charge in [0, 0.05) is 37.3 Å². The van der Waals surface area contributed by atoms with E-state index in [0.29, 0.717) is 36.9 Å². The van der Waals surface area contributed by atoms with Crippen molar-refractivity contribution in [2.24, 2.45) is 0 Å². The largest absolute Gasteiger partial charge is 0.336 e. The van der Waals surface area contributed by atoms with Crippen LogP contribution in [0.5, 0.6) is 0 Å². The monoisotopic (exact) mass is 357 g/mol. The molecule has 120 valence electrons. The molecule has 0 unspecified atom stereocenters. The summed E-state index contributed by atoms with van der Waals surface area (Å²) in [7, 11) is 0. The molecule has 1 aromatic rings. The lowest BCUT2D eigenvalue weighted by atomic mass is 10.4. The van der Waals surface area contributed by atoms with Gasteiger partial charge in [0.2, 0.25) is 0 Å². The average Bonchev–Trinajstić information content (AvgIpc) is 2.47. The van der Waals surface area contributed by atoms with Crippen molar-refractivity contribution in [3.05, 3.63) is 31.5 Å². The molecule has 0 saturated heterocycles. The van der Waals surface area contributed by atoms with Crippen LogP contribution < -0.4 is 17.1 Å². The Labute approximate surface area is 136 Å². The van der Waals surface area contributed by atoms with Gasteiger partial charge in [-0.3, -0.25) is 0 Å². The number of hydrogen-bond donors (Lipinski definition) is 0. The highest BCUT2D eigenvalue weighted by atomic mass is 35.5. The van der Waals surface area contributed by atoms with Crippen LogP contribution in [-0.2, 0) is 19.6 Å². The summed E-state index contributed by atoms with van der Waals surface area (Å²) >= 11 is 16.8. The molecule has 0 N–H and O–H groups in total. The Kier molecular flexibility index (Phi) is 8.14. The number of hydrogen-bond acceptors (Lipinski definition) is 3. The van der Waals surface area contributed by atoms with E-state index in [4.69, 9.17) is 34.8 Å². The molecule has 0 aliphatic carbocycles.